The van der Waals surface area contributed by atoms with Crippen molar-refractivity contribution in [2.24, 2.45) is 0 Å². The Morgan fingerprint density at radius 2 is 2.17 bits per heavy atom. The first-order valence-electron chi connectivity index (χ1n) is 10.1. The minimum Gasteiger partial charge on any atom is -0.497 e. The third-order valence-electron chi connectivity index (χ3n) is 5.38. The van der Waals surface area contributed by atoms with Gasteiger partial charge in [-0.1, -0.05) is 6.07 Å². The Balaban J connectivity index is 1.66. The molecule has 3 rings (SSSR count). The van der Waals surface area contributed by atoms with E-state index in [9.17, 15) is 14.3 Å². The average molecular weight is 420 g/mol. The quantitative estimate of drug-likeness (QED) is 0.598. The van der Waals surface area contributed by atoms with Gasteiger partial charge in [0.2, 0.25) is 0 Å². The topological polar surface area (TPSA) is 90.9 Å². The Kier molecular flexibility index (Phi) is 7.78. The Morgan fingerprint density at radius 1 is 1.33 bits per heavy atom. The second kappa shape index (κ2) is 10.5. The van der Waals surface area contributed by atoms with Gasteiger partial charge in [-0.25, -0.2) is 9.18 Å². The highest BCUT2D eigenvalue weighted by Crippen LogP contribution is 2.22. The van der Waals surface area contributed by atoms with Crippen LogP contribution < -0.4 is 4.74 Å². The molecule has 1 aromatic carbocycles. The van der Waals surface area contributed by atoms with Gasteiger partial charge in [0, 0.05) is 62.6 Å². The van der Waals surface area contributed by atoms with E-state index in [4.69, 9.17) is 9.47 Å². The van der Waals surface area contributed by atoms with Crippen molar-refractivity contribution in [3.63, 3.8) is 0 Å². The number of nitrogens with one attached hydrogen (secondary N) is 1. The molecule has 1 aliphatic heterocycles. The SMILES string of the molecule is CCOC(=O)c1[nH]ncc1CN1CCN(Cc2ccc(OC)cc2F)[C@@H](CCO)C1. The monoisotopic (exact) mass is 420 g/mol. The molecule has 1 aliphatic rings. The van der Waals surface area contributed by atoms with Crippen molar-refractivity contribution < 1.29 is 23.8 Å². The van der Waals surface area contributed by atoms with E-state index < -0.39 is 5.97 Å². The number of carbonyl (C=O) groups is 1. The molecular formula is C21H29FN4O4. The summed E-state index contributed by atoms with van der Waals surface area (Å²) in [6, 6.07) is 4.96. The molecule has 1 fully saturated rings. The van der Waals surface area contributed by atoms with Gasteiger partial charge in [0.1, 0.15) is 17.3 Å². The second-order valence-corrected chi connectivity index (χ2v) is 7.32. The lowest BCUT2D eigenvalue weighted by Gasteiger charge is -2.41. The van der Waals surface area contributed by atoms with Crippen LogP contribution in [0.2, 0.25) is 0 Å². The second-order valence-electron chi connectivity index (χ2n) is 7.32. The highest BCUT2D eigenvalue weighted by Gasteiger charge is 2.28. The number of rotatable bonds is 9. The largest absolute Gasteiger partial charge is 0.497 e. The van der Waals surface area contributed by atoms with Crippen molar-refractivity contribution in [1.82, 2.24) is 20.0 Å². The summed E-state index contributed by atoms with van der Waals surface area (Å²) in [7, 11) is 1.51. The molecule has 1 atom stereocenters. The molecule has 9 heteroatoms. The van der Waals surface area contributed by atoms with Crippen molar-refractivity contribution in [2.75, 3.05) is 40.0 Å². The summed E-state index contributed by atoms with van der Waals surface area (Å²) >= 11 is 0. The van der Waals surface area contributed by atoms with Crippen LogP contribution in [0.15, 0.2) is 24.4 Å². The number of nitrogens with zero attached hydrogens (tertiary/aromatic N) is 3. The molecule has 30 heavy (non-hydrogen) atoms. The Morgan fingerprint density at radius 3 is 2.87 bits per heavy atom. The number of aromatic amines is 1. The molecule has 0 amide bonds. The maximum absolute atomic E-state index is 14.4. The maximum Gasteiger partial charge on any atom is 0.356 e. The van der Waals surface area contributed by atoms with Crippen LogP contribution in [-0.2, 0) is 17.8 Å². The molecule has 0 aliphatic carbocycles. The van der Waals surface area contributed by atoms with Crippen molar-refractivity contribution in [1.29, 1.82) is 0 Å². The lowest BCUT2D eigenvalue weighted by molar-refractivity contribution is 0.0470. The van der Waals surface area contributed by atoms with Crippen molar-refractivity contribution in [3.8, 4) is 5.75 Å². The molecule has 0 unspecified atom stereocenters. The zero-order valence-corrected chi connectivity index (χ0v) is 17.4. The number of esters is 1. The number of H-pyrrole nitrogens is 1. The number of carbonyl (C=O) groups excluding carboxylic acids is 1. The Bertz CT molecular complexity index is 844. The Labute approximate surface area is 175 Å². The molecule has 0 bridgehead atoms. The van der Waals surface area contributed by atoms with Crippen LogP contribution in [0.4, 0.5) is 4.39 Å². The Hall–Kier alpha value is -2.49. The zero-order chi connectivity index (χ0) is 21.5. The van der Waals surface area contributed by atoms with Crippen LogP contribution in [0.1, 0.15) is 35.0 Å². The van der Waals surface area contributed by atoms with Crippen molar-refractivity contribution >= 4 is 5.97 Å². The molecule has 2 N–H and O–H groups in total. The van der Waals surface area contributed by atoms with Crippen LogP contribution in [-0.4, -0.2) is 77.1 Å². The van der Waals surface area contributed by atoms with Gasteiger partial charge in [0.15, 0.2) is 0 Å². The number of aliphatic hydroxyl groups is 1. The number of hydrogen-bond acceptors (Lipinski definition) is 7. The minimum atomic E-state index is -0.412. The van der Waals surface area contributed by atoms with Crippen LogP contribution in [0.25, 0.3) is 0 Å². The average Bonchev–Trinajstić information content (AvgIpc) is 3.19. The number of aromatic nitrogens is 2. The summed E-state index contributed by atoms with van der Waals surface area (Å²) in [5.74, 6) is -0.215. The van der Waals surface area contributed by atoms with E-state index in [1.165, 1.54) is 13.2 Å². The van der Waals surface area contributed by atoms with E-state index in [2.05, 4.69) is 20.0 Å². The molecule has 164 valence electrons. The number of piperazine rings is 1. The molecule has 8 nitrogen and oxygen atoms in total. The highest BCUT2D eigenvalue weighted by atomic mass is 19.1. The van der Waals surface area contributed by atoms with Gasteiger partial charge < -0.3 is 14.6 Å². The minimum absolute atomic E-state index is 0.0554. The van der Waals surface area contributed by atoms with E-state index in [1.807, 2.05) is 0 Å². The van der Waals surface area contributed by atoms with E-state index in [-0.39, 0.29) is 18.5 Å². The summed E-state index contributed by atoms with van der Waals surface area (Å²) in [4.78, 5) is 16.5. The number of ether oxygens (including phenoxy) is 2. The van der Waals surface area contributed by atoms with E-state index in [1.54, 1.807) is 25.3 Å². The molecular weight excluding hydrogens is 391 g/mol. The van der Waals surface area contributed by atoms with Crippen molar-refractivity contribution in [3.05, 3.63) is 47.0 Å². The molecule has 2 aromatic rings. The van der Waals surface area contributed by atoms with Gasteiger partial charge in [0.05, 0.1) is 19.9 Å². The van der Waals surface area contributed by atoms with Crippen LogP contribution in [0, 0.1) is 5.82 Å². The van der Waals surface area contributed by atoms with Gasteiger partial charge in [-0.3, -0.25) is 14.9 Å². The van der Waals surface area contributed by atoms with E-state index in [0.717, 1.165) is 18.7 Å². The summed E-state index contributed by atoms with van der Waals surface area (Å²) in [6.45, 7) is 5.32. The fourth-order valence-corrected chi connectivity index (χ4v) is 3.79. The summed E-state index contributed by atoms with van der Waals surface area (Å²) in [5.41, 5.74) is 1.76. The maximum atomic E-state index is 14.4. The van der Waals surface area contributed by atoms with Gasteiger partial charge >= 0.3 is 5.97 Å². The summed E-state index contributed by atoms with van der Waals surface area (Å²) in [6.07, 6.45) is 2.23. The third-order valence-corrected chi connectivity index (χ3v) is 5.38. The highest BCUT2D eigenvalue weighted by molar-refractivity contribution is 5.88. The van der Waals surface area contributed by atoms with E-state index in [0.29, 0.717) is 49.7 Å². The summed E-state index contributed by atoms with van der Waals surface area (Å²) in [5, 5.41) is 16.2. The fourth-order valence-electron chi connectivity index (χ4n) is 3.79. The van der Waals surface area contributed by atoms with E-state index >= 15 is 0 Å². The van der Waals surface area contributed by atoms with Gasteiger partial charge in [-0.05, 0) is 19.4 Å². The molecule has 1 saturated heterocycles. The zero-order valence-electron chi connectivity index (χ0n) is 17.4. The number of hydrogen-bond donors (Lipinski definition) is 2. The lowest BCUT2D eigenvalue weighted by atomic mass is 10.1. The summed E-state index contributed by atoms with van der Waals surface area (Å²) < 4.78 is 24.5. The fraction of sp³-hybridized carbons (Fsp3) is 0.524. The molecule has 2 heterocycles. The van der Waals surface area contributed by atoms with Crippen LogP contribution in [0.3, 0.4) is 0 Å². The number of methoxy groups -OCH3 is 1. The molecule has 0 radical (unpaired) electrons. The van der Waals surface area contributed by atoms with Crippen LogP contribution in [0.5, 0.6) is 5.75 Å². The van der Waals surface area contributed by atoms with Gasteiger partial charge in [-0.15, -0.1) is 0 Å². The smallest absolute Gasteiger partial charge is 0.356 e. The van der Waals surface area contributed by atoms with Gasteiger partial charge in [-0.2, -0.15) is 5.10 Å². The van der Waals surface area contributed by atoms with Gasteiger partial charge in [0.25, 0.3) is 0 Å². The standard InChI is InChI=1S/C21H29FN4O4/c1-3-30-21(28)20-16(11-23-24-20)12-25-7-8-26(17(14-25)6-9-27)13-15-4-5-18(29-2)10-19(15)22/h4-5,10-11,17,27H,3,6-9,12-14H2,1-2H3,(H,23,24)/t17-/m0/s1. The number of benzene rings is 1. The molecule has 0 saturated carbocycles. The predicted molar refractivity (Wildman–Crippen MR) is 109 cm³/mol. The third kappa shape index (κ3) is 5.35. The van der Waals surface area contributed by atoms with Crippen LogP contribution >= 0.6 is 0 Å². The number of aliphatic hydroxyl groups excluding tert-OH is 1. The first-order chi connectivity index (χ1) is 14.5. The molecule has 1 aromatic heterocycles. The first kappa shape index (κ1) is 22.2. The normalized spacial score (nSPS) is 17.8. The number of halogens is 1. The lowest BCUT2D eigenvalue weighted by Crippen LogP contribution is -2.52. The van der Waals surface area contributed by atoms with Crippen molar-refractivity contribution in [2.45, 2.75) is 32.5 Å². The predicted octanol–water partition coefficient (Wildman–Crippen LogP) is 1.80. The molecule has 0 spiro atoms. The first-order valence-corrected chi connectivity index (χ1v) is 10.1.